The maximum atomic E-state index is 12.5. The highest BCUT2D eigenvalue weighted by atomic mass is 79.9. The fourth-order valence-electron chi connectivity index (χ4n) is 2.46. The highest BCUT2D eigenvalue weighted by Crippen LogP contribution is 2.23. The van der Waals surface area contributed by atoms with Crippen molar-refractivity contribution in [2.24, 2.45) is 0 Å². The summed E-state index contributed by atoms with van der Waals surface area (Å²) in [5.41, 5.74) is 0.996. The average Bonchev–Trinajstić information content (AvgIpc) is 2.82. The molecule has 128 valence electrons. The quantitative estimate of drug-likeness (QED) is 0.767. The van der Waals surface area contributed by atoms with Gasteiger partial charge in [0.15, 0.2) is 0 Å². The normalized spacial score (nSPS) is 14.2. The molecule has 2 aromatic carbocycles. The molecule has 1 aliphatic heterocycles. The number of halogens is 2. The van der Waals surface area contributed by atoms with Gasteiger partial charge in [0.1, 0.15) is 13.1 Å². The van der Waals surface area contributed by atoms with Crippen molar-refractivity contribution in [3.8, 4) is 0 Å². The summed E-state index contributed by atoms with van der Waals surface area (Å²) in [6.07, 6.45) is 0. The number of urea groups is 1. The highest BCUT2D eigenvalue weighted by Gasteiger charge is 2.37. The van der Waals surface area contributed by atoms with Crippen LogP contribution in [0.15, 0.2) is 53.0 Å². The van der Waals surface area contributed by atoms with Gasteiger partial charge < -0.3 is 10.2 Å². The first-order chi connectivity index (χ1) is 11.9. The number of nitrogens with one attached hydrogen (secondary N) is 1. The first-order valence-corrected chi connectivity index (χ1v) is 8.54. The number of hydrogen-bond donors (Lipinski definition) is 1. The summed E-state index contributed by atoms with van der Waals surface area (Å²) in [6.45, 7) is -0.359. The van der Waals surface area contributed by atoms with E-state index >= 15 is 0 Å². The lowest BCUT2D eigenvalue weighted by Gasteiger charge is -2.17. The summed E-state index contributed by atoms with van der Waals surface area (Å²) in [7, 11) is 0. The molecule has 0 radical (unpaired) electrons. The van der Waals surface area contributed by atoms with Crippen molar-refractivity contribution in [2.45, 2.75) is 0 Å². The Morgan fingerprint density at radius 2 is 1.88 bits per heavy atom. The zero-order chi connectivity index (χ0) is 18.0. The van der Waals surface area contributed by atoms with E-state index in [4.69, 9.17) is 11.6 Å². The van der Waals surface area contributed by atoms with Crippen molar-refractivity contribution in [2.75, 3.05) is 23.3 Å². The van der Waals surface area contributed by atoms with Gasteiger partial charge in [0.05, 0.1) is 5.69 Å². The summed E-state index contributed by atoms with van der Waals surface area (Å²) in [5.74, 6) is -0.774. The lowest BCUT2D eigenvalue weighted by atomic mass is 10.3. The summed E-state index contributed by atoms with van der Waals surface area (Å²) in [5, 5.41) is 3.15. The molecule has 0 spiro atoms. The topological polar surface area (TPSA) is 69.7 Å². The summed E-state index contributed by atoms with van der Waals surface area (Å²) in [4.78, 5) is 39.0. The van der Waals surface area contributed by atoms with E-state index in [-0.39, 0.29) is 19.0 Å². The van der Waals surface area contributed by atoms with Gasteiger partial charge in [-0.3, -0.25) is 9.59 Å². The second kappa shape index (κ2) is 7.25. The van der Waals surface area contributed by atoms with Gasteiger partial charge in [0.2, 0.25) is 5.91 Å². The predicted molar refractivity (Wildman–Crippen MR) is 98.7 cm³/mol. The van der Waals surface area contributed by atoms with Gasteiger partial charge >= 0.3 is 6.03 Å². The van der Waals surface area contributed by atoms with Crippen molar-refractivity contribution >= 4 is 56.8 Å². The van der Waals surface area contributed by atoms with Gasteiger partial charge in [-0.05, 0) is 42.5 Å². The lowest BCUT2D eigenvalue weighted by Crippen LogP contribution is -2.37. The zero-order valence-corrected chi connectivity index (χ0v) is 15.3. The minimum Gasteiger partial charge on any atom is -0.324 e. The van der Waals surface area contributed by atoms with Crippen molar-refractivity contribution in [1.29, 1.82) is 0 Å². The van der Waals surface area contributed by atoms with Crippen molar-refractivity contribution in [3.63, 3.8) is 0 Å². The van der Waals surface area contributed by atoms with E-state index in [0.29, 0.717) is 16.4 Å². The smallest absolute Gasteiger partial charge is 0.324 e. The SMILES string of the molecule is O=C(CN1CC(=O)N(c2ccc(Br)cc2)C1=O)Nc1cccc(Cl)c1. The molecule has 0 bridgehead atoms. The van der Waals surface area contributed by atoms with Crippen molar-refractivity contribution < 1.29 is 14.4 Å². The van der Waals surface area contributed by atoms with Gasteiger partial charge in [-0.25, -0.2) is 9.69 Å². The van der Waals surface area contributed by atoms with E-state index in [9.17, 15) is 14.4 Å². The molecule has 3 rings (SSSR count). The van der Waals surface area contributed by atoms with Crippen LogP contribution in [0.1, 0.15) is 0 Å². The molecule has 1 saturated heterocycles. The Morgan fingerprint density at radius 3 is 2.56 bits per heavy atom. The zero-order valence-electron chi connectivity index (χ0n) is 12.9. The summed E-state index contributed by atoms with van der Waals surface area (Å²) in [6, 6.07) is 13.0. The Kier molecular flexibility index (Phi) is 5.06. The third-order valence-electron chi connectivity index (χ3n) is 3.56. The van der Waals surface area contributed by atoms with Crippen LogP contribution in [-0.4, -0.2) is 35.8 Å². The van der Waals surface area contributed by atoms with Crippen LogP contribution in [0, 0.1) is 0 Å². The number of carbonyl (C=O) groups excluding carboxylic acids is 3. The first kappa shape index (κ1) is 17.4. The lowest BCUT2D eigenvalue weighted by molar-refractivity contribution is -0.118. The molecule has 0 unspecified atom stereocenters. The monoisotopic (exact) mass is 421 g/mol. The minimum absolute atomic E-state index is 0.141. The Labute approximate surface area is 157 Å². The largest absolute Gasteiger partial charge is 0.332 e. The number of carbonyl (C=O) groups is 3. The molecule has 25 heavy (non-hydrogen) atoms. The number of hydrogen-bond acceptors (Lipinski definition) is 3. The van der Waals surface area contributed by atoms with Crippen LogP contribution in [0.25, 0.3) is 0 Å². The number of benzene rings is 2. The maximum absolute atomic E-state index is 12.5. The van der Waals surface area contributed by atoms with Crippen LogP contribution >= 0.6 is 27.5 Å². The average molecular weight is 423 g/mol. The van der Waals surface area contributed by atoms with Crippen LogP contribution in [-0.2, 0) is 9.59 Å². The van der Waals surface area contributed by atoms with Crippen LogP contribution in [0.4, 0.5) is 16.2 Å². The van der Waals surface area contributed by atoms with Gasteiger partial charge in [-0.15, -0.1) is 0 Å². The van der Waals surface area contributed by atoms with E-state index in [2.05, 4.69) is 21.2 Å². The first-order valence-electron chi connectivity index (χ1n) is 7.37. The molecule has 1 N–H and O–H groups in total. The van der Waals surface area contributed by atoms with E-state index in [0.717, 1.165) is 9.37 Å². The number of anilines is 2. The number of nitrogens with zero attached hydrogens (tertiary/aromatic N) is 2. The molecular formula is C17H13BrClN3O3. The number of imide groups is 1. The van der Waals surface area contributed by atoms with Crippen molar-refractivity contribution in [3.05, 3.63) is 58.0 Å². The van der Waals surface area contributed by atoms with Gasteiger partial charge in [0.25, 0.3) is 5.91 Å². The van der Waals surface area contributed by atoms with E-state index in [1.54, 1.807) is 48.5 Å². The Hall–Kier alpha value is -2.38. The molecular weight excluding hydrogens is 410 g/mol. The third kappa shape index (κ3) is 4.00. The fraction of sp³-hybridized carbons (Fsp3) is 0.118. The Bertz CT molecular complexity index is 841. The van der Waals surface area contributed by atoms with Crippen LogP contribution in [0.5, 0.6) is 0 Å². The second-order valence-corrected chi connectivity index (χ2v) is 6.75. The van der Waals surface area contributed by atoms with Crippen LogP contribution < -0.4 is 10.2 Å². The minimum atomic E-state index is -0.520. The molecule has 6 nitrogen and oxygen atoms in total. The highest BCUT2D eigenvalue weighted by molar-refractivity contribution is 9.10. The fourth-order valence-corrected chi connectivity index (χ4v) is 2.91. The van der Waals surface area contributed by atoms with Crippen molar-refractivity contribution in [1.82, 2.24) is 4.90 Å². The molecule has 2 aromatic rings. The maximum Gasteiger partial charge on any atom is 0.332 e. The Balaban J connectivity index is 1.67. The molecule has 1 fully saturated rings. The summed E-state index contributed by atoms with van der Waals surface area (Å²) >= 11 is 9.17. The molecule has 1 aliphatic rings. The number of rotatable bonds is 4. The van der Waals surface area contributed by atoms with E-state index in [1.165, 1.54) is 4.90 Å². The molecule has 1 heterocycles. The van der Waals surface area contributed by atoms with E-state index < -0.39 is 11.9 Å². The van der Waals surface area contributed by atoms with Gasteiger partial charge in [-0.2, -0.15) is 0 Å². The third-order valence-corrected chi connectivity index (χ3v) is 4.33. The molecule has 4 amide bonds. The Morgan fingerprint density at radius 1 is 1.16 bits per heavy atom. The molecule has 0 saturated carbocycles. The molecule has 8 heteroatoms. The number of amides is 4. The van der Waals surface area contributed by atoms with Gasteiger partial charge in [-0.1, -0.05) is 33.6 Å². The second-order valence-electron chi connectivity index (χ2n) is 5.40. The molecule has 0 aromatic heterocycles. The van der Waals surface area contributed by atoms with Crippen LogP contribution in [0.3, 0.4) is 0 Å². The predicted octanol–water partition coefficient (Wildman–Crippen LogP) is 3.51. The van der Waals surface area contributed by atoms with Crippen LogP contribution in [0.2, 0.25) is 5.02 Å². The molecule has 0 atom stereocenters. The standard InChI is InChI=1S/C17H13BrClN3O3/c18-11-4-6-14(7-5-11)22-16(24)10-21(17(22)25)9-15(23)20-13-3-1-2-12(19)8-13/h1-8H,9-10H2,(H,20,23). The molecule has 0 aliphatic carbocycles. The van der Waals surface area contributed by atoms with Gasteiger partial charge in [0, 0.05) is 15.2 Å². The summed E-state index contributed by atoms with van der Waals surface area (Å²) < 4.78 is 0.841. The van der Waals surface area contributed by atoms with E-state index in [1.807, 2.05) is 0 Å².